The van der Waals surface area contributed by atoms with Crippen LogP contribution in [-0.2, 0) is 0 Å². The average Bonchev–Trinajstić information content (AvgIpc) is 2.50. The summed E-state index contributed by atoms with van der Waals surface area (Å²) in [7, 11) is 0. The van der Waals surface area contributed by atoms with Crippen LogP contribution in [0.5, 0.6) is 0 Å². The van der Waals surface area contributed by atoms with E-state index in [9.17, 15) is 0 Å². The molecule has 0 saturated heterocycles. The Kier molecular flexibility index (Phi) is 2.02. The highest BCUT2D eigenvalue weighted by Gasteiger charge is 2.07. The fourth-order valence-corrected chi connectivity index (χ4v) is 1.27. The summed E-state index contributed by atoms with van der Waals surface area (Å²) in [6.45, 7) is 2.78. The van der Waals surface area contributed by atoms with E-state index < -0.39 is 0 Å². The molecule has 2 aromatic rings. The molecule has 0 saturated carbocycles. The number of rotatable bonds is 2. The molecule has 2 aromatic heterocycles. The summed E-state index contributed by atoms with van der Waals surface area (Å²) >= 11 is 5.78. The number of fused-ring (bicyclic) bond motifs is 1. The number of nitrogens with one attached hydrogen (secondary N) is 1. The van der Waals surface area contributed by atoms with Gasteiger partial charge < -0.3 is 5.32 Å². The largest absolute Gasteiger partial charge is 0.368 e. The monoisotopic (exact) mass is 197 g/mol. The summed E-state index contributed by atoms with van der Waals surface area (Å²) in [5.41, 5.74) is 1.31. The molecule has 0 aliphatic heterocycles. The van der Waals surface area contributed by atoms with Gasteiger partial charge in [-0.25, -0.2) is 19.0 Å². The maximum absolute atomic E-state index is 5.78. The normalized spacial score (nSPS) is 10.6. The van der Waals surface area contributed by atoms with Gasteiger partial charge in [-0.15, -0.1) is 0 Å². The second kappa shape index (κ2) is 3.18. The van der Waals surface area contributed by atoms with Crippen LogP contribution in [0, 0.1) is 0 Å². The van der Waals surface area contributed by atoms with Gasteiger partial charge in [-0.2, -0.15) is 0 Å². The minimum Gasteiger partial charge on any atom is -0.368 e. The third kappa shape index (κ3) is 1.31. The zero-order chi connectivity index (χ0) is 9.26. The van der Waals surface area contributed by atoms with Crippen molar-refractivity contribution in [2.24, 2.45) is 0 Å². The molecule has 2 rings (SSSR count). The Morgan fingerprint density at radius 1 is 1.46 bits per heavy atom. The van der Waals surface area contributed by atoms with Crippen LogP contribution in [0.2, 0.25) is 0 Å². The molecule has 13 heavy (non-hydrogen) atoms. The van der Waals surface area contributed by atoms with Crippen molar-refractivity contribution in [1.29, 1.82) is 0 Å². The van der Waals surface area contributed by atoms with Crippen LogP contribution < -0.4 is 5.32 Å². The summed E-state index contributed by atoms with van der Waals surface area (Å²) < 4.78 is 1.35. The molecule has 0 unspecified atom stereocenters. The lowest BCUT2D eigenvalue weighted by molar-refractivity contribution is 1.13. The third-order valence-electron chi connectivity index (χ3n) is 1.64. The van der Waals surface area contributed by atoms with E-state index in [-0.39, 0.29) is 0 Å². The molecule has 0 spiro atoms. The van der Waals surface area contributed by atoms with Gasteiger partial charge in [-0.3, -0.25) is 0 Å². The average molecular weight is 198 g/mol. The molecule has 0 fully saturated rings. The number of anilines is 1. The van der Waals surface area contributed by atoms with E-state index in [0.29, 0.717) is 17.0 Å². The summed E-state index contributed by atoms with van der Waals surface area (Å²) in [5.74, 6) is 0.715. The number of hydrogen-bond donors (Lipinski definition) is 1. The molecule has 68 valence electrons. The zero-order valence-electron chi connectivity index (χ0n) is 7.03. The fourth-order valence-electron chi connectivity index (χ4n) is 1.10. The maximum Gasteiger partial charge on any atom is 0.180 e. The van der Waals surface area contributed by atoms with Crippen molar-refractivity contribution < 1.29 is 0 Å². The first-order valence-corrected chi connectivity index (χ1v) is 4.24. The van der Waals surface area contributed by atoms with E-state index in [1.807, 2.05) is 6.92 Å². The molecule has 0 amide bonds. The first-order chi connectivity index (χ1) is 6.33. The lowest BCUT2D eigenvalue weighted by Crippen LogP contribution is -2.00. The highest BCUT2D eigenvalue weighted by molar-refractivity contribution is 6.18. The van der Waals surface area contributed by atoms with Crippen molar-refractivity contribution in [1.82, 2.24) is 19.0 Å². The number of hydrogen-bond acceptors (Lipinski definition) is 4. The van der Waals surface area contributed by atoms with Crippen LogP contribution >= 0.6 is 11.8 Å². The van der Waals surface area contributed by atoms with Gasteiger partial charge in [0.25, 0.3) is 0 Å². The van der Waals surface area contributed by atoms with E-state index in [2.05, 4.69) is 20.3 Å². The molecule has 0 atom stereocenters. The van der Waals surface area contributed by atoms with E-state index in [1.165, 1.54) is 16.7 Å². The second-order valence-corrected chi connectivity index (χ2v) is 2.84. The van der Waals surface area contributed by atoms with Gasteiger partial charge in [0.1, 0.15) is 12.7 Å². The fraction of sp³-hybridized carbons (Fsp3) is 0.286. The van der Waals surface area contributed by atoms with Crippen molar-refractivity contribution in [3.8, 4) is 0 Å². The Balaban J connectivity index is 2.63. The predicted octanol–water partition coefficient (Wildman–Crippen LogP) is 1.26. The Labute approximate surface area is 79.9 Å². The molecule has 0 aliphatic rings. The first-order valence-electron chi connectivity index (χ1n) is 3.91. The lowest BCUT2D eigenvalue weighted by atomic mass is 10.5. The maximum atomic E-state index is 5.78. The second-order valence-electron chi connectivity index (χ2n) is 2.48. The van der Waals surface area contributed by atoms with E-state index >= 15 is 0 Å². The van der Waals surface area contributed by atoms with Crippen LogP contribution in [0.15, 0.2) is 12.7 Å². The smallest absolute Gasteiger partial charge is 0.180 e. The van der Waals surface area contributed by atoms with Crippen molar-refractivity contribution >= 4 is 28.8 Å². The molecule has 5 nitrogen and oxygen atoms in total. The number of imidazole rings is 1. The molecule has 0 bridgehead atoms. The standard InChI is InChI=1S/C7H8ClN5/c1-2-9-6-5-7(11-3-10-6)13(8)4-12-5/h3-4H,2H2,1H3,(H,9,10,11). The van der Waals surface area contributed by atoms with Gasteiger partial charge >= 0.3 is 0 Å². The predicted molar refractivity (Wildman–Crippen MR) is 50.7 cm³/mol. The molecule has 1 N–H and O–H groups in total. The van der Waals surface area contributed by atoms with Crippen LogP contribution in [0.3, 0.4) is 0 Å². The van der Waals surface area contributed by atoms with Crippen molar-refractivity contribution in [3.05, 3.63) is 12.7 Å². The van der Waals surface area contributed by atoms with Gasteiger partial charge in [0.2, 0.25) is 0 Å². The molecule has 6 heteroatoms. The molecule has 0 aromatic carbocycles. The van der Waals surface area contributed by atoms with Crippen molar-refractivity contribution in [2.45, 2.75) is 6.92 Å². The quantitative estimate of drug-likeness (QED) is 0.788. The summed E-state index contributed by atoms with van der Waals surface area (Å²) in [6, 6.07) is 0. The Morgan fingerprint density at radius 2 is 2.31 bits per heavy atom. The first kappa shape index (κ1) is 8.25. The van der Waals surface area contributed by atoms with Gasteiger partial charge in [0.15, 0.2) is 17.0 Å². The van der Waals surface area contributed by atoms with Gasteiger partial charge in [-0.1, -0.05) is 0 Å². The van der Waals surface area contributed by atoms with Crippen molar-refractivity contribution in [3.63, 3.8) is 0 Å². The van der Waals surface area contributed by atoms with E-state index in [1.54, 1.807) is 0 Å². The zero-order valence-corrected chi connectivity index (χ0v) is 7.78. The SMILES string of the molecule is CCNc1ncnc2c1ncn2Cl. The van der Waals surface area contributed by atoms with Crippen LogP contribution in [0.25, 0.3) is 11.2 Å². The number of aromatic nitrogens is 4. The molecule has 2 heterocycles. The van der Waals surface area contributed by atoms with Gasteiger partial charge in [0, 0.05) is 18.3 Å². The minimum atomic E-state index is 0.618. The third-order valence-corrected chi connectivity index (χ3v) is 1.89. The molecule has 0 radical (unpaired) electrons. The number of nitrogens with zero attached hydrogens (tertiary/aromatic N) is 4. The van der Waals surface area contributed by atoms with Crippen LogP contribution in [0.1, 0.15) is 6.92 Å². The number of halogens is 1. The molecular weight excluding hydrogens is 190 g/mol. The highest BCUT2D eigenvalue weighted by atomic mass is 35.5. The topological polar surface area (TPSA) is 55.6 Å². The lowest BCUT2D eigenvalue weighted by Gasteiger charge is -2.00. The Bertz CT molecular complexity index is 424. The van der Waals surface area contributed by atoms with Gasteiger partial charge in [0.05, 0.1) is 0 Å². The Morgan fingerprint density at radius 3 is 3.08 bits per heavy atom. The summed E-state index contributed by atoms with van der Waals surface area (Å²) in [4.78, 5) is 12.1. The summed E-state index contributed by atoms with van der Waals surface area (Å²) in [6.07, 6.45) is 2.96. The molecule has 0 aliphatic carbocycles. The van der Waals surface area contributed by atoms with E-state index in [4.69, 9.17) is 11.8 Å². The van der Waals surface area contributed by atoms with Crippen LogP contribution in [-0.4, -0.2) is 25.6 Å². The molecular formula is C7H8ClN5. The highest BCUT2D eigenvalue weighted by Crippen LogP contribution is 2.17. The summed E-state index contributed by atoms with van der Waals surface area (Å²) in [5, 5.41) is 3.08. The Hall–Kier alpha value is -1.36. The van der Waals surface area contributed by atoms with E-state index in [0.717, 1.165) is 6.54 Å². The van der Waals surface area contributed by atoms with Crippen molar-refractivity contribution in [2.75, 3.05) is 11.9 Å². The van der Waals surface area contributed by atoms with Gasteiger partial charge in [-0.05, 0) is 6.92 Å². The minimum absolute atomic E-state index is 0.618. The van der Waals surface area contributed by atoms with Crippen LogP contribution in [0.4, 0.5) is 5.82 Å².